The van der Waals surface area contributed by atoms with E-state index >= 15 is 0 Å². The Kier molecular flexibility index (Phi) is 3.55. The van der Waals surface area contributed by atoms with Crippen molar-refractivity contribution in [3.8, 4) is 5.75 Å². The fourth-order valence-electron chi connectivity index (χ4n) is 3.36. The Bertz CT molecular complexity index is 410. The summed E-state index contributed by atoms with van der Waals surface area (Å²) < 4.78 is 6.09. The summed E-state index contributed by atoms with van der Waals surface area (Å²) in [5.74, 6) is 1.08. The zero-order chi connectivity index (χ0) is 12.4. The molecule has 0 bridgehead atoms. The molecule has 1 N–H and O–H groups in total. The van der Waals surface area contributed by atoms with Crippen molar-refractivity contribution in [3.63, 3.8) is 0 Å². The number of hydrogen-bond acceptors (Lipinski definition) is 2. The molecule has 1 unspecified atom stereocenters. The van der Waals surface area contributed by atoms with E-state index in [9.17, 15) is 0 Å². The number of hydrogen-bond donors (Lipinski definition) is 1. The predicted molar refractivity (Wildman–Crippen MR) is 74.1 cm³/mol. The maximum atomic E-state index is 6.09. The summed E-state index contributed by atoms with van der Waals surface area (Å²) in [6.45, 7) is 0. The summed E-state index contributed by atoms with van der Waals surface area (Å²) in [6, 6.07) is 7.23. The number of fused-ring (bicyclic) bond motifs is 1. The van der Waals surface area contributed by atoms with E-state index < -0.39 is 0 Å². The van der Waals surface area contributed by atoms with Crippen LogP contribution >= 0.6 is 0 Å². The molecule has 2 aliphatic carbocycles. The summed E-state index contributed by atoms with van der Waals surface area (Å²) in [7, 11) is 2.06. The normalized spacial score (nSPS) is 23.9. The standard InChI is InChI=1S/C16H23NO/c1-17-16-8-4-5-12-11-14(9-10-15(12)16)18-13-6-2-3-7-13/h9-11,13,16-17H,2-8H2,1H3. The Morgan fingerprint density at radius 2 is 1.94 bits per heavy atom. The molecule has 0 aliphatic heterocycles. The number of rotatable bonds is 3. The second-order valence-electron chi connectivity index (χ2n) is 5.62. The van der Waals surface area contributed by atoms with Crippen LogP contribution in [0.5, 0.6) is 5.75 Å². The van der Waals surface area contributed by atoms with E-state index in [0.29, 0.717) is 12.1 Å². The van der Waals surface area contributed by atoms with E-state index in [1.165, 1.54) is 56.1 Å². The highest BCUT2D eigenvalue weighted by atomic mass is 16.5. The van der Waals surface area contributed by atoms with Crippen LogP contribution in [0.2, 0.25) is 0 Å². The minimum Gasteiger partial charge on any atom is -0.490 e. The average molecular weight is 245 g/mol. The van der Waals surface area contributed by atoms with E-state index in [-0.39, 0.29) is 0 Å². The zero-order valence-electron chi connectivity index (χ0n) is 11.2. The minimum atomic E-state index is 0.465. The summed E-state index contributed by atoms with van der Waals surface area (Å²) in [5, 5.41) is 3.41. The lowest BCUT2D eigenvalue weighted by atomic mass is 9.87. The van der Waals surface area contributed by atoms with Gasteiger partial charge in [0.1, 0.15) is 5.75 Å². The second-order valence-corrected chi connectivity index (χ2v) is 5.62. The zero-order valence-corrected chi connectivity index (χ0v) is 11.2. The van der Waals surface area contributed by atoms with Gasteiger partial charge >= 0.3 is 0 Å². The van der Waals surface area contributed by atoms with Gasteiger partial charge in [-0.25, -0.2) is 0 Å². The van der Waals surface area contributed by atoms with Crippen LogP contribution in [0.3, 0.4) is 0 Å². The lowest BCUT2D eigenvalue weighted by Gasteiger charge is -2.26. The largest absolute Gasteiger partial charge is 0.490 e. The van der Waals surface area contributed by atoms with Gasteiger partial charge in [-0.15, -0.1) is 0 Å². The Balaban J connectivity index is 1.77. The molecule has 1 saturated carbocycles. The molecule has 0 heterocycles. The summed E-state index contributed by atoms with van der Waals surface area (Å²) >= 11 is 0. The Hall–Kier alpha value is -1.02. The molecule has 2 nitrogen and oxygen atoms in total. The predicted octanol–water partition coefficient (Wildman–Crippen LogP) is 3.60. The number of benzene rings is 1. The van der Waals surface area contributed by atoms with Gasteiger partial charge in [-0.05, 0) is 75.3 Å². The third kappa shape index (κ3) is 2.39. The molecule has 0 spiro atoms. The van der Waals surface area contributed by atoms with Gasteiger partial charge in [0.15, 0.2) is 0 Å². The van der Waals surface area contributed by atoms with Crippen LogP contribution in [0.1, 0.15) is 55.7 Å². The van der Waals surface area contributed by atoms with Crippen LogP contribution in [0.4, 0.5) is 0 Å². The molecule has 1 aromatic carbocycles. The van der Waals surface area contributed by atoms with E-state index in [1.54, 1.807) is 0 Å². The number of ether oxygens (including phenoxy) is 1. The first-order chi connectivity index (χ1) is 8.86. The monoisotopic (exact) mass is 245 g/mol. The van der Waals surface area contributed by atoms with Gasteiger partial charge in [0.25, 0.3) is 0 Å². The van der Waals surface area contributed by atoms with Crippen molar-refractivity contribution in [2.24, 2.45) is 0 Å². The molecule has 2 aliphatic rings. The molecule has 2 heteroatoms. The van der Waals surface area contributed by atoms with Gasteiger partial charge in [-0.3, -0.25) is 0 Å². The van der Waals surface area contributed by atoms with Crippen LogP contribution in [0.25, 0.3) is 0 Å². The number of nitrogens with one attached hydrogen (secondary N) is 1. The SMILES string of the molecule is CNC1CCCc2cc(OC3CCCC3)ccc21. The first kappa shape index (κ1) is 12.0. The van der Waals surface area contributed by atoms with Gasteiger partial charge < -0.3 is 10.1 Å². The van der Waals surface area contributed by atoms with Crippen molar-refractivity contribution in [2.75, 3.05) is 7.05 Å². The van der Waals surface area contributed by atoms with E-state index in [2.05, 4.69) is 30.6 Å². The molecule has 0 aromatic heterocycles. The fourth-order valence-corrected chi connectivity index (χ4v) is 3.36. The van der Waals surface area contributed by atoms with Gasteiger partial charge in [0.2, 0.25) is 0 Å². The maximum absolute atomic E-state index is 6.09. The van der Waals surface area contributed by atoms with Crippen molar-refractivity contribution in [1.82, 2.24) is 5.32 Å². The molecule has 18 heavy (non-hydrogen) atoms. The Morgan fingerprint density at radius 1 is 1.11 bits per heavy atom. The van der Waals surface area contributed by atoms with Gasteiger partial charge in [-0.2, -0.15) is 0 Å². The smallest absolute Gasteiger partial charge is 0.120 e. The molecule has 0 saturated heterocycles. The highest BCUT2D eigenvalue weighted by molar-refractivity contribution is 5.39. The molecular formula is C16H23NO. The fraction of sp³-hybridized carbons (Fsp3) is 0.625. The summed E-state index contributed by atoms with van der Waals surface area (Å²) in [6.07, 6.45) is 9.33. The molecule has 1 atom stereocenters. The first-order valence-electron chi connectivity index (χ1n) is 7.33. The molecule has 0 amide bonds. The van der Waals surface area contributed by atoms with Crippen molar-refractivity contribution in [3.05, 3.63) is 29.3 Å². The first-order valence-corrected chi connectivity index (χ1v) is 7.33. The average Bonchev–Trinajstić information content (AvgIpc) is 2.90. The maximum Gasteiger partial charge on any atom is 0.120 e. The highest BCUT2D eigenvalue weighted by Crippen LogP contribution is 2.33. The van der Waals surface area contributed by atoms with Gasteiger partial charge in [0.05, 0.1) is 6.10 Å². The molecule has 1 aromatic rings. The van der Waals surface area contributed by atoms with Crippen LogP contribution < -0.4 is 10.1 Å². The van der Waals surface area contributed by atoms with Gasteiger partial charge in [0, 0.05) is 6.04 Å². The number of aryl methyl sites for hydroxylation is 1. The molecule has 1 fully saturated rings. The lowest BCUT2D eigenvalue weighted by Crippen LogP contribution is -2.21. The Morgan fingerprint density at radius 3 is 2.72 bits per heavy atom. The van der Waals surface area contributed by atoms with Crippen LogP contribution in [-0.2, 0) is 6.42 Å². The van der Waals surface area contributed by atoms with E-state index in [0.717, 1.165) is 5.75 Å². The van der Waals surface area contributed by atoms with Crippen molar-refractivity contribution < 1.29 is 4.74 Å². The second kappa shape index (κ2) is 5.31. The highest BCUT2D eigenvalue weighted by Gasteiger charge is 2.20. The summed E-state index contributed by atoms with van der Waals surface area (Å²) in [5.41, 5.74) is 2.96. The van der Waals surface area contributed by atoms with Crippen LogP contribution in [0.15, 0.2) is 18.2 Å². The van der Waals surface area contributed by atoms with E-state index in [1.807, 2.05) is 0 Å². The van der Waals surface area contributed by atoms with Gasteiger partial charge in [-0.1, -0.05) is 6.07 Å². The molecule has 98 valence electrons. The molecule has 3 rings (SSSR count). The van der Waals surface area contributed by atoms with Crippen molar-refractivity contribution in [2.45, 2.75) is 57.1 Å². The quantitative estimate of drug-likeness (QED) is 0.878. The topological polar surface area (TPSA) is 21.3 Å². The minimum absolute atomic E-state index is 0.465. The van der Waals surface area contributed by atoms with Crippen molar-refractivity contribution in [1.29, 1.82) is 0 Å². The summed E-state index contributed by atoms with van der Waals surface area (Å²) in [4.78, 5) is 0. The van der Waals surface area contributed by atoms with Crippen LogP contribution in [-0.4, -0.2) is 13.2 Å². The Labute approximate surface area is 110 Å². The van der Waals surface area contributed by atoms with Crippen molar-refractivity contribution >= 4 is 0 Å². The molecular weight excluding hydrogens is 222 g/mol. The third-order valence-electron chi connectivity index (χ3n) is 4.38. The van der Waals surface area contributed by atoms with Crippen LogP contribution in [0, 0.1) is 0 Å². The lowest BCUT2D eigenvalue weighted by molar-refractivity contribution is 0.209. The molecule has 0 radical (unpaired) electrons. The third-order valence-corrected chi connectivity index (χ3v) is 4.38. The van der Waals surface area contributed by atoms with E-state index in [4.69, 9.17) is 4.74 Å².